The molecule has 13 heavy (non-hydrogen) atoms. The van der Waals surface area contributed by atoms with Gasteiger partial charge in [0, 0.05) is 18.3 Å². The third-order valence-corrected chi connectivity index (χ3v) is 2.04. The Morgan fingerprint density at radius 1 is 1.54 bits per heavy atom. The Kier molecular flexibility index (Phi) is 1.69. The van der Waals surface area contributed by atoms with Gasteiger partial charge in [-0.2, -0.15) is 0 Å². The number of aromatic nitrogens is 3. The summed E-state index contributed by atoms with van der Waals surface area (Å²) in [6.45, 7) is 4.12. The Hall–Kier alpha value is -1.58. The van der Waals surface area contributed by atoms with Crippen LogP contribution in [0.25, 0.3) is 11.0 Å². The second kappa shape index (κ2) is 2.73. The fourth-order valence-electron chi connectivity index (χ4n) is 1.36. The summed E-state index contributed by atoms with van der Waals surface area (Å²) >= 11 is 0. The lowest BCUT2D eigenvalue weighted by atomic mass is 10.3. The Labute approximate surface area is 75.2 Å². The van der Waals surface area contributed by atoms with Gasteiger partial charge in [-0.3, -0.25) is 4.79 Å². The summed E-state index contributed by atoms with van der Waals surface area (Å²) in [5.74, 6) is 0. The Bertz CT molecular complexity index is 481. The SMILES string of the molecule is CC(C)n1cnc2c[nH]c(=O)cc21. The Balaban J connectivity index is 2.79. The summed E-state index contributed by atoms with van der Waals surface area (Å²) in [6, 6.07) is 1.90. The van der Waals surface area contributed by atoms with Crippen LogP contribution in [-0.2, 0) is 0 Å². The first-order valence-corrected chi connectivity index (χ1v) is 4.24. The standard InChI is InChI=1S/C9H11N3O/c1-6(2)12-5-11-7-4-10-9(13)3-8(7)12/h3-6H,1-2H3,(H,10,13). The van der Waals surface area contributed by atoms with Crippen LogP contribution in [0.5, 0.6) is 0 Å². The van der Waals surface area contributed by atoms with Crippen LogP contribution in [0.3, 0.4) is 0 Å². The number of imidazole rings is 1. The number of hydrogen-bond donors (Lipinski definition) is 1. The molecule has 2 aromatic heterocycles. The van der Waals surface area contributed by atoms with Crippen molar-refractivity contribution in [3.63, 3.8) is 0 Å². The molecule has 2 aromatic rings. The highest BCUT2D eigenvalue weighted by Gasteiger charge is 2.04. The molecule has 0 spiro atoms. The normalized spacial score (nSPS) is 11.3. The summed E-state index contributed by atoms with van der Waals surface area (Å²) in [5.41, 5.74) is 1.63. The van der Waals surface area contributed by atoms with Crippen LogP contribution in [0.1, 0.15) is 19.9 Å². The molecule has 0 radical (unpaired) electrons. The molecule has 0 aliphatic heterocycles. The van der Waals surface area contributed by atoms with Gasteiger partial charge in [-0.25, -0.2) is 4.98 Å². The number of fused-ring (bicyclic) bond motifs is 1. The molecule has 0 aliphatic rings. The zero-order valence-electron chi connectivity index (χ0n) is 7.61. The van der Waals surface area contributed by atoms with E-state index in [1.807, 2.05) is 4.57 Å². The predicted octanol–water partition coefficient (Wildman–Crippen LogP) is 1.31. The molecule has 0 amide bonds. The van der Waals surface area contributed by atoms with E-state index in [0.29, 0.717) is 6.04 Å². The zero-order chi connectivity index (χ0) is 9.42. The van der Waals surface area contributed by atoms with Crippen molar-refractivity contribution >= 4 is 11.0 Å². The van der Waals surface area contributed by atoms with Gasteiger partial charge < -0.3 is 9.55 Å². The van der Waals surface area contributed by atoms with E-state index in [9.17, 15) is 4.79 Å². The van der Waals surface area contributed by atoms with E-state index in [-0.39, 0.29) is 5.56 Å². The number of rotatable bonds is 1. The maximum atomic E-state index is 11.1. The van der Waals surface area contributed by atoms with Crippen molar-refractivity contribution in [2.45, 2.75) is 19.9 Å². The molecule has 0 atom stereocenters. The van der Waals surface area contributed by atoms with E-state index in [0.717, 1.165) is 11.0 Å². The molecule has 0 bridgehead atoms. The maximum Gasteiger partial charge on any atom is 0.250 e. The number of aromatic amines is 1. The number of pyridine rings is 1. The van der Waals surface area contributed by atoms with Crippen molar-refractivity contribution < 1.29 is 0 Å². The van der Waals surface area contributed by atoms with Gasteiger partial charge in [0.15, 0.2) is 0 Å². The maximum absolute atomic E-state index is 11.1. The molecule has 2 heterocycles. The van der Waals surface area contributed by atoms with E-state index in [1.54, 1.807) is 18.6 Å². The molecule has 2 rings (SSSR count). The highest BCUT2D eigenvalue weighted by atomic mass is 16.1. The Morgan fingerprint density at radius 3 is 3.00 bits per heavy atom. The summed E-state index contributed by atoms with van der Waals surface area (Å²) in [6.07, 6.45) is 3.39. The highest BCUT2D eigenvalue weighted by Crippen LogP contribution is 2.13. The summed E-state index contributed by atoms with van der Waals surface area (Å²) < 4.78 is 1.98. The van der Waals surface area contributed by atoms with Gasteiger partial charge in [0.05, 0.1) is 11.8 Å². The minimum atomic E-state index is -0.0881. The topological polar surface area (TPSA) is 50.7 Å². The van der Waals surface area contributed by atoms with E-state index in [4.69, 9.17) is 0 Å². The van der Waals surface area contributed by atoms with Gasteiger partial charge in [0.2, 0.25) is 5.56 Å². The van der Waals surface area contributed by atoms with Crippen LogP contribution < -0.4 is 5.56 Å². The largest absolute Gasteiger partial charge is 0.328 e. The first kappa shape index (κ1) is 8.04. The fraction of sp³-hybridized carbons (Fsp3) is 0.333. The van der Waals surface area contributed by atoms with Crippen molar-refractivity contribution in [2.75, 3.05) is 0 Å². The zero-order valence-corrected chi connectivity index (χ0v) is 7.61. The molecule has 0 saturated heterocycles. The highest BCUT2D eigenvalue weighted by molar-refractivity contribution is 5.73. The van der Waals surface area contributed by atoms with Crippen LogP contribution in [0.4, 0.5) is 0 Å². The minimum Gasteiger partial charge on any atom is -0.328 e. The van der Waals surface area contributed by atoms with E-state index in [1.165, 1.54) is 0 Å². The monoisotopic (exact) mass is 177 g/mol. The molecule has 4 heteroatoms. The van der Waals surface area contributed by atoms with Crippen molar-refractivity contribution in [1.29, 1.82) is 0 Å². The van der Waals surface area contributed by atoms with Crippen LogP contribution in [0, 0.1) is 0 Å². The van der Waals surface area contributed by atoms with Gasteiger partial charge in [-0.1, -0.05) is 0 Å². The van der Waals surface area contributed by atoms with Crippen molar-refractivity contribution in [3.8, 4) is 0 Å². The molecule has 68 valence electrons. The van der Waals surface area contributed by atoms with Gasteiger partial charge in [-0.05, 0) is 13.8 Å². The lowest BCUT2D eigenvalue weighted by Crippen LogP contribution is -2.05. The number of hydrogen-bond acceptors (Lipinski definition) is 2. The molecule has 0 aromatic carbocycles. The minimum absolute atomic E-state index is 0.0881. The lowest BCUT2D eigenvalue weighted by Gasteiger charge is -2.06. The smallest absolute Gasteiger partial charge is 0.250 e. The number of nitrogens with one attached hydrogen (secondary N) is 1. The van der Waals surface area contributed by atoms with Gasteiger partial charge in [0.1, 0.15) is 5.52 Å². The predicted molar refractivity (Wildman–Crippen MR) is 50.7 cm³/mol. The first-order chi connectivity index (χ1) is 6.18. The van der Waals surface area contributed by atoms with Crippen molar-refractivity contribution in [1.82, 2.24) is 14.5 Å². The summed E-state index contributed by atoms with van der Waals surface area (Å²) in [7, 11) is 0. The van der Waals surface area contributed by atoms with Crippen LogP contribution in [0.15, 0.2) is 23.4 Å². The second-order valence-electron chi connectivity index (χ2n) is 3.31. The molecule has 0 aliphatic carbocycles. The van der Waals surface area contributed by atoms with E-state index in [2.05, 4.69) is 23.8 Å². The van der Waals surface area contributed by atoms with E-state index < -0.39 is 0 Å². The molecular formula is C9H11N3O. The van der Waals surface area contributed by atoms with Gasteiger partial charge in [0.25, 0.3) is 0 Å². The average molecular weight is 177 g/mol. The molecule has 0 unspecified atom stereocenters. The van der Waals surface area contributed by atoms with Crippen molar-refractivity contribution in [2.24, 2.45) is 0 Å². The Morgan fingerprint density at radius 2 is 2.31 bits per heavy atom. The second-order valence-corrected chi connectivity index (χ2v) is 3.31. The third-order valence-electron chi connectivity index (χ3n) is 2.04. The van der Waals surface area contributed by atoms with Crippen LogP contribution in [0.2, 0.25) is 0 Å². The van der Waals surface area contributed by atoms with Crippen LogP contribution in [-0.4, -0.2) is 14.5 Å². The van der Waals surface area contributed by atoms with Crippen molar-refractivity contribution in [3.05, 3.63) is 28.9 Å². The van der Waals surface area contributed by atoms with Gasteiger partial charge >= 0.3 is 0 Å². The molecular weight excluding hydrogens is 166 g/mol. The first-order valence-electron chi connectivity index (χ1n) is 4.24. The number of nitrogens with zero attached hydrogens (tertiary/aromatic N) is 2. The number of H-pyrrole nitrogens is 1. The average Bonchev–Trinajstić information content (AvgIpc) is 2.46. The van der Waals surface area contributed by atoms with E-state index >= 15 is 0 Å². The van der Waals surface area contributed by atoms with Gasteiger partial charge in [-0.15, -0.1) is 0 Å². The fourth-order valence-corrected chi connectivity index (χ4v) is 1.36. The van der Waals surface area contributed by atoms with Crippen LogP contribution >= 0.6 is 0 Å². The quantitative estimate of drug-likeness (QED) is 0.713. The molecule has 1 N–H and O–H groups in total. The molecule has 4 nitrogen and oxygen atoms in total. The summed E-state index contributed by atoms with van der Waals surface area (Å²) in [5, 5.41) is 0. The molecule has 0 fully saturated rings. The molecule has 0 saturated carbocycles. The summed E-state index contributed by atoms with van der Waals surface area (Å²) in [4.78, 5) is 17.8. The lowest BCUT2D eigenvalue weighted by molar-refractivity contribution is 0.617. The third kappa shape index (κ3) is 1.24.